The molecule has 7 heteroatoms. The standard InChI is InChI=1S/C17H30N6O/c1-5-13-22-20-11-23(13)9-8-19-16(18-6-2)21-14-12-7-10-24-15(12)17(14,3)4/h11-12,14-15H,5-10H2,1-4H3,(H2,18,19,21). The minimum absolute atomic E-state index is 0.154. The fourth-order valence-corrected chi connectivity index (χ4v) is 4.09. The van der Waals surface area contributed by atoms with E-state index in [4.69, 9.17) is 9.73 Å². The van der Waals surface area contributed by atoms with Gasteiger partial charge >= 0.3 is 0 Å². The summed E-state index contributed by atoms with van der Waals surface area (Å²) in [7, 11) is 0. The Hall–Kier alpha value is -1.63. The maximum absolute atomic E-state index is 5.88. The SMILES string of the molecule is CCNC(=NCCn1cnnc1CC)NC1C2CCOC2C1(C)C. The fraction of sp³-hybridized carbons (Fsp3) is 0.824. The smallest absolute Gasteiger partial charge is 0.191 e. The number of nitrogens with one attached hydrogen (secondary N) is 2. The highest BCUT2D eigenvalue weighted by Crippen LogP contribution is 2.52. The van der Waals surface area contributed by atoms with Crippen molar-refractivity contribution in [3.63, 3.8) is 0 Å². The summed E-state index contributed by atoms with van der Waals surface area (Å²) in [6, 6.07) is 0.420. The van der Waals surface area contributed by atoms with Crippen molar-refractivity contribution in [2.45, 2.75) is 59.2 Å². The molecule has 7 nitrogen and oxygen atoms in total. The number of ether oxygens (including phenoxy) is 1. The third kappa shape index (κ3) is 3.14. The molecule has 0 aromatic carbocycles. The normalized spacial score (nSPS) is 28.3. The molecule has 2 heterocycles. The Labute approximate surface area is 144 Å². The van der Waals surface area contributed by atoms with Crippen molar-refractivity contribution < 1.29 is 4.74 Å². The number of hydrogen-bond acceptors (Lipinski definition) is 4. The number of nitrogens with zero attached hydrogens (tertiary/aromatic N) is 4. The molecule has 3 rings (SSSR count). The van der Waals surface area contributed by atoms with Gasteiger partial charge in [0.05, 0.1) is 12.6 Å². The van der Waals surface area contributed by atoms with Gasteiger partial charge in [-0.3, -0.25) is 4.99 Å². The molecular formula is C17H30N6O. The maximum Gasteiger partial charge on any atom is 0.191 e. The number of aliphatic imine (C=N–C) groups is 1. The summed E-state index contributed by atoms with van der Waals surface area (Å²) in [4.78, 5) is 4.74. The van der Waals surface area contributed by atoms with Crippen LogP contribution in [0.25, 0.3) is 0 Å². The lowest BCUT2D eigenvalue weighted by atomic mass is 9.57. The second kappa shape index (κ2) is 7.09. The van der Waals surface area contributed by atoms with Gasteiger partial charge in [0.15, 0.2) is 5.96 Å². The Balaban J connectivity index is 1.60. The van der Waals surface area contributed by atoms with E-state index in [1.165, 1.54) is 0 Å². The summed E-state index contributed by atoms with van der Waals surface area (Å²) < 4.78 is 7.95. The molecule has 24 heavy (non-hydrogen) atoms. The van der Waals surface area contributed by atoms with Crippen LogP contribution < -0.4 is 10.6 Å². The first-order chi connectivity index (χ1) is 11.6. The Kier molecular flexibility index (Phi) is 5.08. The maximum atomic E-state index is 5.88. The highest BCUT2D eigenvalue weighted by atomic mass is 16.5. The summed E-state index contributed by atoms with van der Waals surface area (Å²) in [5.74, 6) is 2.51. The minimum atomic E-state index is 0.154. The van der Waals surface area contributed by atoms with Crippen molar-refractivity contribution >= 4 is 5.96 Å². The second-order valence-corrected chi connectivity index (χ2v) is 7.24. The van der Waals surface area contributed by atoms with Gasteiger partial charge in [0.25, 0.3) is 0 Å². The van der Waals surface area contributed by atoms with E-state index >= 15 is 0 Å². The number of hydrogen-bond donors (Lipinski definition) is 2. The number of rotatable bonds is 6. The average molecular weight is 334 g/mol. The van der Waals surface area contributed by atoms with Crippen molar-refractivity contribution in [1.82, 2.24) is 25.4 Å². The molecule has 1 saturated carbocycles. The van der Waals surface area contributed by atoms with Gasteiger partial charge in [-0.05, 0) is 13.3 Å². The van der Waals surface area contributed by atoms with Gasteiger partial charge in [0.2, 0.25) is 0 Å². The van der Waals surface area contributed by atoms with Gasteiger partial charge in [-0.25, -0.2) is 0 Å². The van der Waals surface area contributed by atoms with Crippen LogP contribution in [0.3, 0.4) is 0 Å². The lowest BCUT2D eigenvalue weighted by Gasteiger charge is -2.54. The largest absolute Gasteiger partial charge is 0.377 e. The van der Waals surface area contributed by atoms with Gasteiger partial charge in [-0.15, -0.1) is 10.2 Å². The first-order valence-electron chi connectivity index (χ1n) is 9.11. The van der Waals surface area contributed by atoms with Gasteiger partial charge in [-0.2, -0.15) is 0 Å². The van der Waals surface area contributed by atoms with Gasteiger partial charge < -0.3 is 19.9 Å². The van der Waals surface area contributed by atoms with E-state index < -0.39 is 0 Å². The molecule has 1 aliphatic carbocycles. The summed E-state index contributed by atoms with van der Waals surface area (Å²) in [5, 5.41) is 15.1. The number of guanidine groups is 1. The van der Waals surface area contributed by atoms with Crippen molar-refractivity contribution in [3.8, 4) is 0 Å². The van der Waals surface area contributed by atoms with Crippen LogP contribution in [0.5, 0.6) is 0 Å². The molecule has 0 spiro atoms. The van der Waals surface area contributed by atoms with Crippen LogP contribution in [0, 0.1) is 11.3 Å². The van der Waals surface area contributed by atoms with E-state index in [1.54, 1.807) is 6.33 Å². The monoisotopic (exact) mass is 334 g/mol. The van der Waals surface area contributed by atoms with Crippen molar-refractivity contribution in [1.29, 1.82) is 0 Å². The molecular weight excluding hydrogens is 304 g/mol. The first-order valence-corrected chi connectivity index (χ1v) is 9.11. The van der Waals surface area contributed by atoms with E-state index in [1.807, 2.05) is 0 Å². The predicted molar refractivity (Wildman–Crippen MR) is 93.9 cm³/mol. The molecule has 1 aromatic rings. The molecule has 2 N–H and O–H groups in total. The Bertz CT molecular complexity index is 581. The molecule has 1 aromatic heterocycles. The van der Waals surface area contributed by atoms with Crippen molar-refractivity contribution in [3.05, 3.63) is 12.2 Å². The summed E-state index contributed by atoms with van der Waals surface area (Å²) in [6.45, 7) is 12.0. The second-order valence-electron chi connectivity index (χ2n) is 7.24. The van der Waals surface area contributed by atoms with Crippen LogP contribution in [0.2, 0.25) is 0 Å². The van der Waals surface area contributed by atoms with Gasteiger partial charge in [-0.1, -0.05) is 20.8 Å². The Morgan fingerprint density at radius 2 is 2.29 bits per heavy atom. The number of aryl methyl sites for hydroxylation is 1. The lowest BCUT2D eigenvalue weighted by molar-refractivity contribution is -0.106. The van der Waals surface area contributed by atoms with Crippen LogP contribution >= 0.6 is 0 Å². The third-order valence-corrected chi connectivity index (χ3v) is 5.36. The average Bonchev–Trinajstić information content (AvgIpc) is 3.20. The minimum Gasteiger partial charge on any atom is -0.377 e. The summed E-state index contributed by atoms with van der Waals surface area (Å²) >= 11 is 0. The Morgan fingerprint density at radius 1 is 1.46 bits per heavy atom. The van der Waals surface area contributed by atoms with E-state index in [2.05, 4.69) is 53.1 Å². The van der Waals surface area contributed by atoms with Crippen LogP contribution in [-0.2, 0) is 17.7 Å². The zero-order valence-corrected chi connectivity index (χ0v) is 15.2. The zero-order chi connectivity index (χ0) is 17.2. The van der Waals surface area contributed by atoms with Crippen LogP contribution in [0.4, 0.5) is 0 Å². The third-order valence-electron chi connectivity index (χ3n) is 5.36. The van der Waals surface area contributed by atoms with Crippen LogP contribution in [0.1, 0.15) is 39.9 Å². The lowest BCUT2D eigenvalue weighted by Crippen LogP contribution is -2.68. The highest BCUT2D eigenvalue weighted by Gasteiger charge is 2.59. The number of fused-ring (bicyclic) bond motifs is 1. The molecule has 0 radical (unpaired) electrons. The summed E-state index contributed by atoms with van der Waals surface area (Å²) in [5.41, 5.74) is 0.154. The zero-order valence-electron chi connectivity index (χ0n) is 15.2. The molecule has 2 aliphatic rings. The van der Waals surface area contributed by atoms with E-state index in [0.29, 0.717) is 24.6 Å². The summed E-state index contributed by atoms with van der Waals surface area (Å²) in [6.07, 6.45) is 4.21. The van der Waals surface area contributed by atoms with E-state index in [9.17, 15) is 0 Å². The Morgan fingerprint density at radius 3 is 3.04 bits per heavy atom. The van der Waals surface area contributed by atoms with Crippen molar-refractivity contribution in [2.24, 2.45) is 16.3 Å². The topological polar surface area (TPSA) is 76.4 Å². The molecule has 3 unspecified atom stereocenters. The van der Waals surface area contributed by atoms with Gasteiger partial charge in [0.1, 0.15) is 12.2 Å². The number of aromatic nitrogens is 3. The predicted octanol–water partition coefficient (Wildman–Crippen LogP) is 1.21. The van der Waals surface area contributed by atoms with E-state index in [-0.39, 0.29) is 5.41 Å². The molecule has 134 valence electrons. The molecule has 1 aliphatic heterocycles. The molecule has 3 atom stereocenters. The van der Waals surface area contributed by atoms with Crippen molar-refractivity contribution in [2.75, 3.05) is 19.7 Å². The fourth-order valence-electron chi connectivity index (χ4n) is 4.09. The molecule has 0 amide bonds. The molecule has 0 bridgehead atoms. The quantitative estimate of drug-likeness (QED) is 0.604. The van der Waals surface area contributed by atoms with Gasteiger partial charge in [0, 0.05) is 43.5 Å². The van der Waals surface area contributed by atoms with Crippen LogP contribution in [-0.4, -0.2) is 52.6 Å². The van der Waals surface area contributed by atoms with Crippen LogP contribution in [0.15, 0.2) is 11.3 Å². The molecule has 1 saturated heterocycles. The van der Waals surface area contributed by atoms with E-state index in [0.717, 1.165) is 44.3 Å². The highest BCUT2D eigenvalue weighted by molar-refractivity contribution is 5.80. The first kappa shape index (κ1) is 17.2. The molecule has 2 fully saturated rings.